The Morgan fingerprint density at radius 3 is 2.73 bits per heavy atom. The Kier molecular flexibility index (Phi) is 5.82. The Morgan fingerprint density at radius 1 is 1.17 bits per heavy atom. The number of hydrogen-bond donors (Lipinski definition) is 2. The van der Waals surface area contributed by atoms with Crippen LogP contribution in [-0.2, 0) is 24.0 Å². The monoisotopic (exact) mass is 440 g/mol. The number of halogens is 1. The van der Waals surface area contributed by atoms with Crippen molar-refractivity contribution < 1.29 is 4.79 Å². The fourth-order valence-corrected chi connectivity index (χ4v) is 3.77. The lowest BCUT2D eigenvalue weighted by Gasteiger charge is -2.06. The number of H-pyrrole nitrogens is 1. The molecule has 152 valence electrons. The molecule has 10 heteroatoms. The van der Waals surface area contributed by atoms with Crippen LogP contribution >= 0.6 is 23.4 Å². The number of carbonyl (C=O) groups is 1. The van der Waals surface area contributed by atoms with Gasteiger partial charge in [-0.1, -0.05) is 35.5 Å². The van der Waals surface area contributed by atoms with Gasteiger partial charge >= 0.3 is 0 Å². The zero-order valence-electron chi connectivity index (χ0n) is 15.9. The molecule has 0 aliphatic rings. The zero-order valence-corrected chi connectivity index (χ0v) is 17.5. The van der Waals surface area contributed by atoms with Crippen LogP contribution in [0.4, 0.5) is 5.69 Å². The normalized spacial score (nSPS) is 11.0. The highest BCUT2D eigenvalue weighted by atomic mass is 35.5. The van der Waals surface area contributed by atoms with Gasteiger partial charge in [-0.05, 0) is 36.4 Å². The first-order chi connectivity index (χ1) is 14.5. The second-order valence-corrected chi connectivity index (χ2v) is 7.89. The molecular weight excluding hydrogens is 424 g/mol. The molecule has 0 aliphatic heterocycles. The van der Waals surface area contributed by atoms with Crippen LogP contribution in [0, 0.1) is 0 Å². The minimum atomic E-state index is -0.204. The summed E-state index contributed by atoms with van der Waals surface area (Å²) in [5, 5.41) is 12.8. The van der Waals surface area contributed by atoms with Crippen LogP contribution in [0.3, 0.4) is 0 Å². The third-order valence-corrected chi connectivity index (χ3v) is 5.66. The fourth-order valence-electron chi connectivity index (χ4n) is 2.84. The van der Waals surface area contributed by atoms with E-state index in [1.807, 2.05) is 6.07 Å². The number of aromatic nitrogens is 5. The number of hydrogen-bond acceptors (Lipinski definition) is 6. The number of benzene rings is 2. The van der Waals surface area contributed by atoms with E-state index in [-0.39, 0.29) is 17.9 Å². The fraction of sp³-hybridized carbons (Fsp3) is 0.150. The number of rotatable bonds is 6. The van der Waals surface area contributed by atoms with Crippen LogP contribution in [0.25, 0.3) is 10.9 Å². The van der Waals surface area contributed by atoms with Crippen molar-refractivity contribution in [3.05, 3.63) is 75.6 Å². The molecule has 0 saturated carbocycles. The van der Waals surface area contributed by atoms with Gasteiger partial charge in [0.15, 0.2) is 5.16 Å². The Bertz CT molecular complexity index is 1270. The van der Waals surface area contributed by atoms with Gasteiger partial charge in [0.2, 0.25) is 5.91 Å². The Labute approximate surface area is 180 Å². The number of amides is 1. The standard InChI is InChI=1S/C20H17ClN6O2S/c1-27-17(10-18(28)22-13-8-6-12(21)7-9-13)25-26-20(27)30-11-16-23-15-5-3-2-4-14(15)19(29)24-16/h2-9H,10-11H2,1H3,(H,22,28)(H,23,24,29). The molecule has 8 nitrogen and oxygen atoms in total. The molecule has 0 aliphatic carbocycles. The second-order valence-electron chi connectivity index (χ2n) is 6.51. The summed E-state index contributed by atoms with van der Waals surface area (Å²) in [6.07, 6.45) is 0.0811. The van der Waals surface area contributed by atoms with Crippen LogP contribution in [0.1, 0.15) is 11.6 Å². The maximum Gasteiger partial charge on any atom is 0.258 e. The first-order valence-corrected chi connectivity index (χ1v) is 10.4. The van der Waals surface area contributed by atoms with Crippen LogP contribution in [-0.4, -0.2) is 30.6 Å². The van der Waals surface area contributed by atoms with E-state index in [1.165, 1.54) is 11.8 Å². The minimum absolute atomic E-state index is 0.0811. The summed E-state index contributed by atoms with van der Waals surface area (Å²) in [4.78, 5) is 31.7. The molecule has 0 saturated heterocycles. The van der Waals surface area contributed by atoms with Gasteiger partial charge in [-0.15, -0.1) is 10.2 Å². The summed E-state index contributed by atoms with van der Waals surface area (Å²) in [7, 11) is 1.80. The number of nitrogens with one attached hydrogen (secondary N) is 2. The van der Waals surface area contributed by atoms with Crippen molar-refractivity contribution in [3.8, 4) is 0 Å². The molecule has 0 bridgehead atoms. The third kappa shape index (κ3) is 4.52. The Morgan fingerprint density at radius 2 is 1.93 bits per heavy atom. The van der Waals surface area contributed by atoms with Crippen molar-refractivity contribution >= 4 is 45.9 Å². The molecule has 2 aromatic heterocycles. The summed E-state index contributed by atoms with van der Waals surface area (Å²) in [5.41, 5.74) is 1.13. The maximum atomic E-state index is 12.3. The predicted octanol–water partition coefficient (Wildman–Crippen LogP) is 3.18. The Balaban J connectivity index is 1.41. The van der Waals surface area contributed by atoms with Gasteiger partial charge in [-0.2, -0.15) is 0 Å². The van der Waals surface area contributed by atoms with Crippen molar-refractivity contribution in [2.45, 2.75) is 17.3 Å². The SMILES string of the molecule is Cn1c(CC(=O)Nc2ccc(Cl)cc2)nnc1SCc1nc2ccccc2c(=O)[nH]1. The highest BCUT2D eigenvalue weighted by molar-refractivity contribution is 7.98. The van der Waals surface area contributed by atoms with E-state index in [2.05, 4.69) is 25.5 Å². The highest BCUT2D eigenvalue weighted by Gasteiger charge is 2.14. The van der Waals surface area contributed by atoms with E-state index < -0.39 is 0 Å². The summed E-state index contributed by atoms with van der Waals surface area (Å²) >= 11 is 7.23. The quantitative estimate of drug-likeness (QED) is 0.446. The molecule has 4 rings (SSSR count). The molecule has 2 heterocycles. The van der Waals surface area contributed by atoms with Crippen molar-refractivity contribution in [1.82, 2.24) is 24.7 Å². The third-order valence-electron chi connectivity index (χ3n) is 4.37. The average Bonchev–Trinajstić information content (AvgIpc) is 3.07. The topological polar surface area (TPSA) is 106 Å². The average molecular weight is 441 g/mol. The molecule has 0 radical (unpaired) electrons. The predicted molar refractivity (Wildman–Crippen MR) is 117 cm³/mol. The number of nitrogens with zero attached hydrogens (tertiary/aromatic N) is 4. The number of para-hydroxylation sites is 1. The first kappa shape index (κ1) is 20.1. The summed E-state index contributed by atoms with van der Waals surface area (Å²) in [6.45, 7) is 0. The highest BCUT2D eigenvalue weighted by Crippen LogP contribution is 2.20. The number of thioether (sulfide) groups is 1. The van der Waals surface area contributed by atoms with E-state index in [1.54, 1.807) is 54.1 Å². The lowest BCUT2D eigenvalue weighted by Crippen LogP contribution is -2.17. The van der Waals surface area contributed by atoms with E-state index in [0.717, 1.165) is 0 Å². The van der Waals surface area contributed by atoms with Crippen LogP contribution in [0.5, 0.6) is 0 Å². The smallest absolute Gasteiger partial charge is 0.258 e. The lowest BCUT2D eigenvalue weighted by molar-refractivity contribution is -0.115. The molecule has 30 heavy (non-hydrogen) atoms. The van der Waals surface area contributed by atoms with E-state index in [0.29, 0.717) is 44.2 Å². The van der Waals surface area contributed by atoms with Crippen molar-refractivity contribution in [1.29, 1.82) is 0 Å². The minimum Gasteiger partial charge on any atom is -0.326 e. The molecule has 0 fully saturated rings. The van der Waals surface area contributed by atoms with Crippen LogP contribution in [0.2, 0.25) is 5.02 Å². The molecule has 2 N–H and O–H groups in total. The van der Waals surface area contributed by atoms with E-state index in [4.69, 9.17) is 11.6 Å². The van der Waals surface area contributed by atoms with Gasteiger partial charge in [-0.3, -0.25) is 9.59 Å². The maximum absolute atomic E-state index is 12.3. The zero-order chi connectivity index (χ0) is 21.1. The number of aromatic amines is 1. The molecule has 0 spiro atoms. The number of anilines is 1. The first-order valence-electron chi connectivity index (χ1n) is 9.04. The van der Waals surface area contributed by atoms with Crippen molar-refractivity contribution in [3.63, 3.8) is 0 Å². The Hall–Kier alpha value is -3.17. The summed E-state index contributed by atoms with van der Waals surface area (Å²) in [6, 6.07) is 14.1. The summed E-state index contributed by atoms with van der Waals surface area (Å²) < 4.78 is 1.76. The largest absolute Gasteiger partial charge is 0.326 e. The lowest BCUT2D eigenvalue weighted by atomic mass is 10.2. The molecule has 2 aromatic carbocycles. The van der Waals surface area contributed by atoms with Gasteiger partial charge in [0.25, 0.3) is 5.56 Å². The van der Waals surface area contributed by atoms with Gasteiger partial charge in [-0.25, -0.2) is 4.98 Å². The molecule has 4 aromatic rings. The molecule has 1 amide bonds. The van der Waals surface area contributed by atoms with Gasteiger partial charge < -0.3 is 14.9 Å². The van der Waals surface area contributed by atoms with Crippen LogP contribution < -0.4 is 10.9 Å². The number of carbonyl (C=O) groups excluding carboxylic acids is 1. The van der Waals surface area contributed by atoms with Gasteiger partial charge in [0, 0.05) is 17.8 Å². The van der Waals surface area contributed by atoms with Gasteiger partial charge in [0.05, 0.1) is 23.1 Å². The second kappa shape index (κ2) is 8.68. The van der Waals surface area contributed by atoms with E-state index >= 15 is 0 Å². The summed E-state index contributed by atoms with van der Waals surface area (Å²) in [5.74, 6) is 1.30. The molecular formula is C20H17ClN6O2S. The van der Waals surface area contributed by atoms with E-state index in [9.17, 15) is 9.59 Å². The van der Waals surface area contributed by atoms with Crippen molar-refractivity contribution in [2.75, 3.05) is 5.32 Å². The van der Waals surface area contributed by atoms with Crippen LogP contribution in [0.15, 0.2) is 58.5 Å². The molecule has 0 atom stereocenters. The molecule has 0 unspecified atom stereocenters. The van der Waals surface area contributed by atoms with Crippen molar-refractivity contribution in [2.24, 2.45) is 7.05 Å². The van der Waals surface area contributed by atoms with Gasteiger partial charge in [0.1, 0.15) is 11.6 Å². The number of fused-ring (bicyclic) bond motifs is 1.